The van der Waals surface area contributed by atoms with E-state index in [2.05, 4.69) is 87.9 Å². The van der Waals surface area contributed by atoms with Crippen molar-refractivity contribution in [3.8, 4) is 5.69 Å². The molecule has 0 aliphatic carbocycles. The summed E-state index contributed by atoms with van der Waals surface area (Å²) >= 11 is 0. The molecule has 32 heavy (non-hydrogen) atoms. The van der Waals surface area contributed by atoms with Crippen LogP contribution in [0.25, 0.3) is 17.8 Å². The Kier molecular flexibility index (Phi) is 7.05. The third kappa shape index (κ3) is 5.68. The molecule has 2 aromatic heterocycles. The quantitative estimate of drug-likeness (QED) is 0.389. The van der Waals surface area contributed by atoms with Gasteiger partial charge in [0.2, 0.25) is 0 Å². The minimum Gasteiger partial charge on any atom is -0.355 e. The van der Waals surface area contributed by atoms with Gasteiger partial charge in [-0.3, -0.25) is 9.88 Å². The summed E-state index contributed by atoms with van der Waals surface area (Å²) in [7, 11) is 0. The topological polar surface area (TPSA) is 58.9 Å². The minimum absolute atomic E-state index is 0.810. The van der Waals surface area contributed by atoms with E-state index in [-0.39, 0.29) is 0 Å². The number of hydrogen-bond acceptors (Lipinski definition) is 5. The highest BCUT2D eigenvalue weighted by molar-refractivity contribution is 5.72. The summed E-state index contributed by atoms with van der Waals surface area (Å²) in [5, 5.41) is 12.2. The molecule has 2 aromatic carbocycles. The van der Waals surface area contributed by atoms with Crippen LogP contribution in [-0.4, -0.2) is 38.0 Å². The minimum atomic E-state index is 0.810. The zero-order valence-electron chi connectivity index (χ0n) is 18.5. The molecule has 0 fully saturated rings. The summed E-state index contributed by atoms with van der Waals surface area (Å²) in [5.41, 5.74) is 6.22. The zero-order valence-corrected chi connectivity index (χ0v) is 18.5. The van der Waals surface area contributed by atoms with Gasteiger partial charge in [-0.25, -0.2) is 4.68 Å². The number of rotatable bonds is 9. The van der Waals surface area contributed by atoms with E-state index in [9.17, 15) is 0 Å². The van der Waals surface area contributed by atoms with E-state index in [0.717, 1.165) is 53.5 Å². The van der Waals surface area contributed by atoms with Crippen LogP contribution < -0.4 is 5.32 Å². The molecule has 4 rings (SSSR count). The number of benzene rings is 2. The molecule has 0 aliphatic heterocycles. The molecule has 0 aliphatic rings. The third-order valence-electron chi connectivity index (χ3n) is 5.28. The van der Waals surface area contributed by atoms with Crippen molar-refractivity contribution in [1.29, 1.82) is 0 Å². The predicted molar refractivity (Wildman–Crippen MR) is 131 cm³/mol. The molecule has 6 nitrogen and oxygen atoms in total. The highest BCUT2D eigenvalue weighted by Gasteiger charge is 2.07. The van der Waals surface area contributed by atoms with Gasteiger partial charge in [0.1, 0.15) is 0 Å². The second-order valence-electron chi connectivity index (χ2n) is 7.53. The van der Waals surface area contributed by atoms with Gasteiger partial charge >= 0.3 is 0 Å². The summed E-state index contributed by atoms with van der Waals surface area (Å²) in [5.74, 6) is 0. The molecule has 4 aromatic rings. The number of anilines is 2. The first-order valence-corrected chi connectivity index (χ1v) is 10.9. The molecule has 0 saturated heterocycles. The van der Waals surface area contributed by atoms with Crippen LogP contribution in [0, 0.1) is 0 Å². The van der Waals surface area contributed by atoms with Crippen LogP contribution in [0.3, 0.4) is 0 Å². The van der Waals surface area contributed by atoms with Gasteiger partial charge in [0.15, 0.2) is 0 Å². The highest BCUT2D eigenvalue weighted by atomic mass is 15.4. The van der Waals surface area contributed by atoms with Gasteiger partial charge in [-0.05, 0) is 66.7 Å². The Balaban J connectivity index is 1.47. The van der Waals surface area contributed by atoms with Crippen LogP contribution in [0.4, 0.5) is 11.4 Å². The molecular formula is C26H28N6. The van der Waals surface area contributed by atoms with E-state index in [1.807, 2.05) is 35.1 Å². The second-order valence-corrected chi connectivity index (χ2v) is 7.53. The molecular weight excluding hydrogens is 396 g/mol. The fourth-order valence-corrected chi connectivity index (χ4v) is 3.45. The highest BCUT2D eigenvalue weighted by Crippen LogP contribution is 2.21. The summed E-state index contributed by atoms with van der Waals surface area (Å²) in [6.45, 7) is 7.13. The van der Waals surface area contributed by atoms with Crippen molar-refractivity contribution in [3.63, 3.8) is 0 Å². The number of aromatic nitrogens is 4. The zero-order chi connectivity index (χ0) is 22.2. The van der Waals surface area contributed by atoms with Crippen molar-refractivity contribution < 1.29 is 0 Å². The Morgan fingerprint density at radius 2 is 1.59 bits per heavy atom. The lowest BCUT2D eigenvalue weighted by Gasteiger charge is -2.15. The Bertz CT molecular complexity index is 1160. The summed E-state index contributed by atoms with van der Waals surface area (Å²) < 4.78 is 1.83. The molecule has 0 bridgehead atoms. The maximum absolute atomic E-state index is 4.34. The average molecular weight is 425 g/mol. The number of hydrogen-bond donors (Lipinski definition) is 1. The van der Waals surface area contributed by atoms with Gasteiger partial charge in [-0.15, -0.1) is 5.10 Å². The Morgan fingerprint density at radius 3 is 2.38 bits per heavy atom. The van der Waals surface area contributed by atoms with E-state index in [1.165, 1.54) is 0 Å². The molecule has 0 atom stereocenters. The maximum Gasteiger partial charge on any atom is 0.0971 e. The average Bonchev–Trinajstić information content (AvgIpc) is 3.31. The lowest BCUT2D eigenvalue weighted by molar-refractivity contribution is 0.292. The third-order valence-corrected chi connectivity index (χ3v) is 5.28. The first kappa shape index (κ1) is 21.5. The van der Waals surface area contributed by atoms with Gasteiger partial charge in [0, 0.05) is 30.3 Å². The van der Waals surface area contributed by atoms with Crippen molar-refractivity contribution in [2.75, 3.05) is 18.4 Å². The van der Waals surface area contributed by atoms with Gasteiger partial charge in [0.25, 0.3) is 0 Å². The summed E-state index contributed by atoms with van der Waals surface area (Å²) in [4.78, 5) is 6.38. The Morgan fingerprint density at radius 1 is 0.875 bits per heavy atom. The van der Waals surface area contributed by atoms with Crippen LogP contribution in [0.15, 0.2) is 79.3 Å². The fraction of sp³-hybridized carbons (Fsp3) is 0.192. The summed E-state index contributed by atoms with van der Waals surface area (Å²) in [6.07, 6.45) is 9.78. The lowest BCUT2D eigenvalue weighted by atomic mass is 10.1. The first-order valence-electron chi connectivity index (χ1n) is 10.9. The van der Waals surface area contributed by atoms with E-state index in [4.69, 9.17) is 0 Å². The van der Waals surface area contributed by atoms with Crippen LogP contribution in [0.1, 0.15) is 30.7 Å². The van der Waals surface area contributed by atoms with Crippen molar-refractivity contribution in [2.24, 2.45) is 0 Å². The SMILES string of the molecule is CCN(CC)Cc1cn(-c2cccc(Nc3cccc(/C=C/c4ccncc4)c3)c2)nn1. The van der Waals surface area contributed by atoms with Gasteiger partial charge < -0.3 is 5.32 Å². The predicted octanol–water partition coefficient (Wildman–Crippen LogP) is 5.42. The molecule has 0 unspecified atom stereocenters. The summed E-state index contributed by atoms with van der Waals surface area (Å²) in [6, 6.07) is 20.5. The van der Waals surface area contributed by atoms with E-state index < -0.39 is 0 Å². The normalized spacial score (nSPS) is 11.3. The van der Waals surface area contributed by atoms with E-state index in [1.54, 1.807) is 12.4 Å². The first-order chi connectivity index (χ1) is 15.7. The standard InChI is InChI=1S/C26H28N6/c1-3-31(4-2)19-25-20-32(30-29-25)26-10-6-9-24(18-26)28-23-8-5-7-22(17-23)12-11-21-13-15-27-16-14-21/h5-18,20,28H,3-4,19H2,1-2H3/b12-11+. The van der Waals surface area contributed by atoms with Crippen LogP contribution in [-0.2, 0) is 6.54 Å². The van der Waals surface area contributed by atoms with Crippen LogP contribution in [0.5, 0.6) is 0 Å². The lowest BCUT2D eigenvalue weighted by Crippen LogP contribution is -2.22. The Labute approximate surface area is 189 Å². The van der Waals surface area contributed by atoms with Crippen LogP contribution in [0.2, 0.25) is 0 Å². The van der Waals surface area contributed by atoms with E-state index >= 15 is 0 Å². The van der Waals surface area contributed by atoms with Crippen molar-refractivity contribution in [3.05, 3.63) is 96.1 Å². The fourth-order valence-electron chi connectivity index (χ4n) is 3.45. The number of nitrogens with zero attached hydrogens (tertiary/aromatic N) is 5. The molecule has 162 valence electrons. The van der Waals surface area contributed by atoms with E-state index in [0.29, 0.717) is 0 Å². The number of pyridine rings is 1. The molecule has 1 N–H and O–H groups in total. The molecule has 2 heterocycles. The molecule has 6 heteroatoms. The number of nitrogens with one attached hydrogen (secondary N) is 1. The van der Waals surface area contributed by atoms with Crippen molar-refractivity contribution in [2.45, 2.75) is 20.4 Å². The second kappa shape index (κ2) is 10.5. The Hall–Kier alpha value is -3.77. The molecule has 0 amide bonds. The molecule has 0 radical (unpaired) electrons. The van der Waals surface area contributed by atoms with Gasteiger partial charge in [-0.1, -0.05) is 49.4 Å². The maximum atomic E-state index is 4.34. The smallest absolute Gasteiger partial charge is 0.0971 e. The van der Waals surface area contributed by atoms with Gasteiger partial charge in [-0.2, -0.15) is 0 Å². The molecule has 0 saturated carbocycles. The molecule has 0 spiro atoms. The largest absolute Gasteiger partial charge is 0.355 e. The monoisotopic (exact) mass is 424 g/mol. The van der Waals surface area contributed by atoms with Crippen molar-refractivity contribution >= 4 is 23.5 Å². The van der Waals surface area contributed by atoms with Crippen molar-refractivity contribution in [1.82, 2.24) is 24.9 Å². The van der Waals surface area contributed by atoms with Crippen LogP contribution >= 0.6 is 0 Å². The van der Waals surface area contributed by atoms with Gasteiger partial charge in [0.05, 0.1) is 17.6 Å².